The highest BCUT2D eigenvalue weighted by Crippen LogP contribution is 2.30. The Morgan fingerprint density at radius 2 is 1.92 bits per heavy atom. The van der Waals surface area contributed by atoms with E-state index in [1.807, 2.05) is 6.92 Å². The Hall–Kier alpha value is -1.57. The van der Waals surface area contributed by atoms with Crippen LogP contribution >= 0.6 is 0 Å². The van der Waals surface area contributed by atoms with Crippen molar-refractivity contribution < 1.29 is 18.0 Å². The first-order valence-electron chi connectivity index (χ1n) is 8.86. The van der Waals surface area contributed by atoms with Crippen molar-refractivity contribution in [2.45, 2.75) is 52.3 Å². The van der Waals surface area contributed by atoms with Crippen LogP contribution in [0, 0.1) is 12.8 Å². The molecular formula is C17H27F3N4O. The third kappa shape index (κ3) is 6.34. The first-order chi connectivity index (χ1) is 11.8. The zero-order valence-corrected chi connectivity index (χ0v) is 14.9. The van der Waals surface area contributed by atoms with Gasteiger partial charge < -0.3 is 5.32 Å². The van der Waals surface area contributed by atoms with Gasteiger partial charge in [0.2, 0.25) is 5.91 Å². The number of halogens is 3. The first kappa shape index (κ1) is 19.8. The van der Waals surface area contributed by atoms with Gasteiger partial charge in [0.25, 0.3) is 0 Å². The van der Waals surface area contributed by atoms with Crippen molar-refractivity contribution in [2.24, 2.45) is 5.92 Å². The third-order valence-corrected chi connectivity index (χ3v) is 4.39. The SMILES string of the molecule is Cc1cc(C(F)(F)F)n(CC(C)CNC(=O)CN2CCCCCC2)n1. The number of carbonyl (C=O) groups excluding carboxylic acids is 1. The highest BCUT2D eigenvalue weighted by molar-refractivity contribution is 5.78. The number of likely N-dealkylation sites (tertiary alicyclic amines) is 1. The normalized spacial score (nSPS) is 18.0. The Morgan fingerprint density at radius 1 is 1.28 bits per heavy atom. The van der Waals surface area contributed by atoms with Crippen molar-refractivity contribution in [1.82, 2.24) is 20.0 Å². The van der Waals surface area contributed by atoms with Crippen LogP contribution in [0.1, 0.15) is 44.0 Å². The second-order valence-corrected chi connectivity index (χ2v) is 6.95. The van der Waals surface area contributed by atoms with Crippen LogP contribution in [0.5, 0.6) is 0 Å². The van der Waals surface area contributed by atoms with Crippen molar-refractivity contribution in [1.29, 1.82) is 0 Å². The summed E-state index contributed by atoms with van der Waals surface area (Å²) >= 11 is 0. The van der Waals surface area contributed by atoms with Gasteiger partial charge in [-0.3, -0.25) is 14.4 Å². The van der Waals surface area contributed by atoms with Gasteiger partial charge in [-0.2, -0.15) is 18.3 Å². The van der Waals surface area contributed by atoms with Crippen LogP contribution in [-0.4, -0.2) is 46.8 Å². The fourth-order valence-corrected chi connectivity index (χ4v) is 3.11. The maximum atomic E-state index is 13.0. The third-order valence-electron chi connectivity index (χ3n) is 4.39. The van der Waals surface area contributed by atoms with Gasteiger partial charge in [0.1, 0.15) is 5.69 Å². The summed E-state index contributed by atoms with van der Waals surface area (Å²) in [5.41, 5.74) is -0.405. The molecule has 25 heavy (non-hydrogen) atoms. The lowest BCUT2D eigenvalue weighted by Gasteiger charge is -2.20. The van der Waals surface area contributed by atoms with Gasteiger partial charge in [-0.25, -0.2) is 0 Å². The first-order valence-corrected chi connectivity index (χ1v) is 8.86. The zero-order valence-electron chi connectivity index (χ0n) is 14.9. The van der Waals surface area contributed by atoms with Crippen LogP contribution < -0.4 is 5.32 Å². The standard InChI is InChI=1S/C17H27F3N4O/c1-13(11-24-15(17(18,19)20)9-14(2)22-24)10-21-16(25)12-23-7-5-3-4-6-8-23/h9,13H,3-8,10-12H2,1-2H3,(H,21,25). The van der Waals surface area contributed by atoms with Crippen molar-refractivity contribution in [3.63, 3.8) is 0 Å². The second-order valence-electron chi connectivity index (χ2n) is 6.95. The number of hydrogen-bond donors (Lipinski definition) is 1. The van der Waals surface area contributed by atoms with Gasteiger partial charge in [-0.15, -0.1) is 0 Å². The largest absolute Gasteiger partial charge is 0.433 e. The lowest BCUT2D eigenvalue weighted by atomic mass is 10.2. The predicted molar refractivity (Wildman–Crippen MR) is 89.0 cm³/mol. The number of hydrogen-bond acceptors (Lipinski definition) is 3. The highest BCUT2D eigenvalue weighted by Gasteiger charge is 2.35. The number of rotatable bonds is 6. The van der Waals surface area contributed by atoms with Gasteiger partial charge in [-0.05, 0) is 44.8 Å². The van der Waals surface area contributed by atoms with Crippen molar-refractivity contribution in [3.05, 3.63) is 17.5 Å². The second kappa shape index (κ2) is 8.69. The molecule has 1 fully saturated rings. The maximum Gasteiger partial charge on any atom is 0.433 e. The molecule has 1 aliphatic heterocycles. The molecule has 1 amide bonds. The minimum Gasteiger partial charge on any atom is -0.355 e. The minimum absolute atomic E-state index is 0.0681. The summed E-state index contributed by atoms with van der Waals surface area (Å²) < 4.78 is 39.9. The van der Waals surface area contributed by atoms with Gasteiger partial charge in [0, 0.05) is 13.1 Å². The monoisotopic (exact) mass is 360 g/mol. The van der Waals surface area contributed by atoms with E-state index in [0.717, 1.165) is 36.7 Å². The molecule has 1 aromatic rings. The summed E-state index contributed by atoms with van der Waals surface area (Å²) in [5.74, 6) is -0.213. The van der Waals surface area contributed by atoms with Gasteiger partial charge in [-0.1, -0.05) is 19.8 Å². The Balaban J connectivity index is 1.80. The van der Waals surface area contributed by atoms with E-state index in [2.05, 4.69) is 15.3 Å². The van der Waals surface area contributed by atoms with Crippen LogP contribution in [0.2, 0.25) is 0 Å². The number of nitrogens with zero attached hydrogens (tertiary/aromatic N) is 3. The Kier molecular flexibility index (Phi) is 6.87. The number of carbonyl (C=O) groups is 1. The Morgan fingerprint density at radius 3 is 2.52 bits per heavy atom. The molecule has 5 nitrogen and oxygen atoms in total. The van der Waals surface area contributed by atoms with E-state index in [-0.39, 0.29) is 18.4 Å². The summed E-state index contributed by atoms with van der Waals surface area (Å²) in [4.78, 5) is 14.2. The number of amides is 1. The number of aromatic nitrogens is 2. The molecular weight excluding hydrogens is 333 g/mol. The average molecular weight is 360 g/mol. The molecule has 0 aliphatic carbocycles. The van der Waals surface area contributed by atoms with Gasteiger partial charge in [0.15, 0.2) is 0 Å². The van der Waals surface area contributed by atoms with E-state index in [1.165, 1.54) is 12.8 Å². The summed E-state index contributed by atoms with van der Waals surface area (Å²) in [6, 6.07) is 1.05. The molecule has 0 spiro atoms. The molecule has 1 unspecified atom stereocenters. The highest BCUT2D eigenvalue weighted by atomic mass is 19.4. The molecule has 142 valence electrons. The summed E-state index contributed by atoms with van der Waals surface area (Å²) in [6.45, 7) is 6.04. The number of aryl methyl sites for hydroxylation is 1. The summed E-state index contributed by atoms with van der Waals surface area (Å²) in [5, 5.41) is 6.76. The van der Waals surface area contributed by atoms with Crippen molar-refractivity contribution >= 4 is 5.91 Å². The summed E-state index contributed by atoms with van der Waals surface area (Å²) in [6.07, 6.45) is 0.224. The fourth-order valence-electron chi connectivity index (χ4n) is 3.11. The van der Waals surface area contributed by atoms with E-state index in [1.54, 1.807) is 6.92 Å². The molecule has 2 heterocycles. The van der Waals surface area contributed by atoms with Gasteiger partial charge in [0.05, 0.1) is 12.2 Å². The van der Waals surface area contributed by atoms with Crippen molar-refractivity contribution in [3.8, 4) is 0 Å². The van der Waals surface area contributed by atoms with Crippen molar-refractivity contribution in [2.75, 3.05) is 26.2 Å². The van der Waals surface area contributed by atoms with Crippen LogP contribution in [0.25, 0.3) is 0 Å². The molecule has 1 atom stereocenters. The molecule has 0 radical (unpaired) electrons. The Bertz CT molecular complexity index is 563. The lowest BCUT2D eigenvalue weighted by Crippen LogP contribution is -2.39. The molecule has 0 aromatic carbocycles. The molecule has 1 saturated heterocycles. The number of alkyl halides is 3. The molecule has 0 bridgehead atoms. The van der Waals surface area contributed by atoms with Crippen LogP contribution in [0.3, 0.4) is 0 Å². The topological polar surface area (TPSA) is 50.2 Å². The van der Waals surface area contributed by atoms with E-state index < -0.39 is 11.9 Å². The molecule has 2 rings (SSSR count). The maximum absolute atomic E-state index is 13.0. The van der Waals surface area contributed by atoms with Crippen LogP contribution in [0.4, 0.5) is 13.2 Å². The zero-order chi connectivity index (χ0) is 18.4. The van der Waals surface area contributed by atoms with E-state index in [4.69, 9.17) is 0 Å². The lowest BCUT2D eigenvalue weighted by molar-refractivity contribution is -0.144. The van der Waals surface area contributed by atoms with E-state index >= 15 is 0 Å². The quantitative estimate of drug-likeness (QED) is 0.849. The molecule has 8 heteroatoms. The molecule has 1 N–H and O–H groups in total. The van der Waals surface area contributed by atoms with Gasteiger partial charge >= 0.3 is 6.18 Å². The van der Waals surface area contributed by atoms with Crippen LogP contribution in [-0.2, 0) is 17.5 Å². The molecule has 0 saturated carbocycles. The van der Waals surface area contributed by atoms with Crippen LogP contribution in [0.15, 0.2) is 6.07 Å². The predicted octanol–water partition coefficient (Wildman–Crippen LogP) is 2.84. The Labute approximate surface area is 146 Å². The van der Waals surface area contributed by atoms with E-state index in [0.29, 0.717) is 18.8 Å². The smallest absolute Gasteiger partial charge is 0.355 e. The minimum atomic E-state index is -4.42. The number of nitrogens with one attached hydrogen (secondary N) is 1. The summed E-state index contributed by atoms with van der Waals surface area (Å²) in [7, 11) is 0. The molecule has 1 aromatic heterocycles. The average Bonchev–Trinajstić information content (AvgIpc) is 2.71. The van der Waals surface area contributed by atoms with E-state index in [9.17, 15) is 18.0 Å². The molecule has 1 aliphatic rings. The fraction of sp³-hybridized carbons (Fsp3) is 0.765.